The van der Waals surface area contributed by atoms with Crippen molar-refractivity contribution >= 4 is 38.5 Å². The van der Waals surface area contributed by atoms with Crippen molar-refractivity contribution in [2.45, 2.75) is 0 Å². The second-order valence-corrected chi connectivity index (χ2v) is 3.84. The van der Waals surface area contributed by atoms with Crippen LogP contribution in [0.15, 0.2) is 38.1 Å². The highest BCUT2D eigenvalue weighted by molar-refractivity contribution is 9.10. The molecule has 0 saturated carbocycles. The Hall–Kier alpha value is -0.800. The van der Waals surface area contributed by atoms with E-state index < -0.39 is 0 Å². The standard InChI is InChI=1S/C9H4BrClO2/c10-7-4-13-8-3-5(11)1-2-6(8)9(7)12/h1-4H. The first-order chi connectivity index (χ1) is 6.18. The van der Waals surface area contributed by atoms with Crippen molar-refractivity contribution in [2.24, 2.45) is 0 Å². The summed E-state index contributed by atoms with van der Waals surface area (Å²) in [6.45, 7) is 0. The van der Waals surface area contributed by atoms with Gasteiger partial charge in [-0.2, -0.15) is 0 Å². The van der Waals surface area contributed by atoms with Gasteiger partial charge < -0.3 is 4.42 Å². The lowest BCUT2D eigenvalue weighted by Gasteiger charge is -1.96. The minimum atomic E-state index is -0.0853. The van der Waals surface area contributed by atoms with Crippen molar-refractivity contribution in [1.82, 2.24) is 0 Å². The first kappa shape index (κ1) is 8.78. The highest BCUT2D eigenvalue weighted by Gasteiger charge is 2.04. The van der Waals surface area contributed by atoms with Crippen LogP contribution in [-0.4, -0.2) is 0 Å². The van der Waals surface area contributed by atoms with Gasteiger partial charge in [-0.3, -0.25) is 4.79 Å². The molecule has 0 aliphatic rings. The fraction of sp³-hybridized carbons (Fsp3) is 0. The van der Waals surface area contributed by atoms with Crippen LogP contribution in [0.2, 0.25) is 5.02 Å². The normalized spacial score (nSPS) is 10.6. The zero-order chi connectivity index (χ0) is 9.42. The lowest BCUT2D eigenvalue weighted by molar-refractivity contribution is 0.599. The van der Waals surface area contributed by atoms with Crippen LogP contribution in [0.25, 0.3) is 11.0 Å². The molecule has 13 heavy (non-hydrogen) atoms. The summed E-state index contributed by atoms with van der Waals surface area (Å²) in [4.78, 5) is 11.5. The Labute approximate surface area is 87.3 Å². The molecule has 0 radical (unpaired) electrons. The van der Waals surface area contributed by atoms with E-state index in [0.29, 0.717) is 20.5 Å². The van der Waals surface area contributed by atoms with Crippen molar-refractivity contribution in [3.8, 4) is 0 Å². The van der Waals surface area contributed by atoms with Gasteiger partial charge in [-0.1, -0.05) is 11.6 Å². The summed E-state index contributed by atoms with van der Waals surface area (Å²) in [5, 5.41) is 1.08. The molecule has 0 saturated heterocycles. The third-order valence-corrected chi connectivity index (χ3v) is 2.48. The lowest BCUT2D eigenvalue weighted by atomic mass is 10.2. The van der Waals surface area contributed by atoms with Gasteiger partial charge in [0.1, 0.15) is 16.3 Å². The fourth-order valence-electron chi connectivity index (χ4n) is 1.08. The van der Waals surface area contributed by atoms with Gasteiger partial charge in [0.2, 0.25) is 5.43 Å². The van der Waals surface area contributed by atoms with E-state index in [9.17, 15) is 4.79 Å². The van der Waals surface area contributed by atoms with Gasteiger partial charge in [0.05, 0.1) is 5.39 Å². The number of fused-ring (bicyclic) bond motifs is 1. The van der Waals surface area contributed by atoms with Crippen LogP contribution in [0.3, 0.4) is 0 Å². The molecule has 4 heteroatoms. The van der Waals surface area contributed by atoms with Crippen LogP contribution in [0.1, 0.15) is 0 Å². The fourth-order valence-corrected chi connectivity index (χ4v) is 1.55. The van der Waals surface area contributed by atoms with Crippen LogP contribution < -0.4 is 5.43 Å². The number of benzene rings is 1. The molecular weight excluding hydrogens is 255 g/mol. The van der Waals surface area contributed by atoms with Crippen molar-refractivity contribution in [3.63, 3.8) is 0 Å². The summed E-state index contributed by atoms with van der Waals surface area (Å²) in [7, 11) is 0. The molecule has 66 valence electrons. The average Bonchev–Trinajstić information content (AvgIpc) is 2.12. The molecule has 0 amide bonds. The molecular formula is C9H4BrClO2. The van der Waals surface area contributed by atoms with E-state index in [4.69, 9.17) is 16.0 Å². The number of hydrogen-bond acceptors (Lipinski definition) is 2. The highest BCUT2D eigenvalue weighted by Crippen LogP contribution is 2.18. The molecule has 0 aliphatic heterocycles. The van der Waals surface area contributed by atoms with E-state index in [2.05, 4.69) is 15.9 Å². The van der Waals surface area contributed by atoms with Gasteiger partial charge in [-0.15, -0.1) is 0 Å². The van der Waals surface area contributed by atoms with Gasteiger partial charge in [0.15, 0.2) is 0 Å². The van der Waals surface area contributed by atoms with Crippen molar-refractivity contribution in [1.29, 1.82) is 0 Å². The SMILES string of the molecule is O=c1c(Br)coc2cc(Cl)ccc12. The van der Waals surface area contributed by atoms with E-state index >= 15 is 0 Å². The first-order valence-electron chi connectivity index (χ1n) is 3.55. The van der Waals surface area contributed by atoms with Crippen LogP contribution in [-0.2, 0) is 0 Å². The van der Waals surface area contributed by atoms with E-state index in [0.717, 1.165) is 0 Å². The Balaban J connectivity index is 2.95. The molecule has 0 aliphatic carbocycles. The molecule has 2 rings (SSSR count). The predicted molar refractivity (Wildman–Crippen MR) is 55.2 cm³/mol. The van der Waals surface area contributed by atoms with E-state index in [1.165, 1.54) is 6.26 Å². The summed E-state index contributed by atoms with van der Waals surface area (Å²) in [6.07, 6.45) is 1.36. The van der Waals surface area contributed by atoms with Gasteiger partial charge in [-0.25, -0.2) is 0 Å². The Bertz CT molecular complexity index is 518. The quantitative estimate of drug-likeness (QED) is 0.727. The largest absolute Gasteiger partial charge is 0.463 e. The van der Waals surface area contributed by atoms with E-state index in [1.807, 2.05) is 0 Å². The molecule has 0 N–H and O–H groups in total. The van der Waals surface area contributed by atoms with Crippen molar-refractivity contribution in [3.05, 3.63) is 44.2 Å². The lowest BCUT2D eigenvalue weighted by Crippen LogP contribution is -2.00. The van der Waals surface area contributed by atoms with E-state index in [1.54, 1.807) is 18.2 Å². The third kappa shape index (κ3) is 1.49. The average molecular weight is 259 g/mol. The Morgan fingerprint density at radius 1 is 1.38 bits per heavy atom. The zero-order valence-electron chi connectivity index (χ0n) is 6.38. The molecule has 0 fully saturated rings. The van der Waals surface area contributed by atoms with Gasteiger partial charge in [0, 0.05) is 11.1 Å². The third-order valence-electron chi connectivity index (χ3n) is 1.69. The van der Waals surface area contributed by atoms with Crippen molar-refractivity contribution in [2.75, 3.05) is 0 Å². The molecule has 2 nitrogen and oxygen atoms in total. The number of hydrogen-bond donors (Lipinski definition) is 0. The summed E-state index contributed by atoms with van der Waals surface area (Å²) in [5.74, 6) is 0. The van der Waals surface area contributed by atoms with Crippen LogP contribution in [0.4, 0.5) is 0 Å². The van der Waals surface area contributed by atoms with Crippen molar-refractivity contribution < 1.29 is 4.42 Å². The van der Waals surface area contributed by atoms with Crippen LogP contribution in [0.5, 0.6) is 0 Å². The minimum Gasteiger partial charge on any atom is -0.463 e. The molecule has 0 atom stereocenters. The maximum absolute atomic E-state index is 11.5. The van der Waals surface area contributed by atoms with Gasteiger partial charge in [-0.05, 0) is 28.1 Å². The smallest absolute Gasteiger partial charge is 0.206 e. The maximum Gasteiger partial charge on any atom is 0.206 e. The summed E-state index contributed by atoms with van der Waals surface area (Å²) >= 11 is 8.83. The number of halogens is 2. The maximum atomic E-state index is 11.5. The first-order valence-corrected chi connectivity index (χ1v) is 4.72. The van der Waals surface area contributed by atoms with Crippen LogP contribution >= 0.6 is 27.5 Å². The van der Waals surface area contributed by atoms with Gasteiger partial charge in [0.25, 0.3) is 0 Å². The Morgan fingerprint density at radius 2 is 2.15 bits per heavy atom. The topological polar surface area (TPSA) is 30.2 Å². The van der Waals surface area contributed by atoms with E-state index in [-0.39, 0.29) is 5.43 Å². The summed E-state index contributed by atoms with van der Waals surface area (Å²) in [5.41, 5.74) is 0.415. The number of rotatable bonds is 0. The molecule has 1 aromatic heterocycles. The molecule has 0 bridgehead atoms. The predicted octanol–water partition coefficient (Wildman–Crippen LogP) is 3.21. The van der Waals surface area contributed by atoms with Gasteiger partial charge >= 0.3 is 0 Å². The minimum absolute atomic E-state index is 0.0853. The summed E-state index contributed by atoms with van der Waals surface area (Å²) in [6, 6.07) is 4.92. The molecule has 1 aromatic carbocycles. The molecule has 0 spiro atoms. The second-order valence-electron chi connectivity index (χ2n) is 2.55. The highest BCUT2D eigenvalue weighted by atomic mass is 79.9. The monoisotopic (exact) mass is 258 g/mol. The Morgan fingerprint density at radius 3 is 2.92 bits per heavy atom. The Kier molecular flexibility index (Phi) is 2.14. The molecule has 1 heterocycles. The second kappa shape index (κ2) is 3.16. The molecule has 0 unspecified atom stereocenters. The zero-order valence-corrected chi connectivity index (χ0v) is 8.72. The molecule has 2 aromatic rings. The van der Waals surface area contributed by atoms with Crippen LogP contribution in [0, 0.1) is 0 Å². The summed E-state index contributed by atoms with van der Waals surface area (Å²) < 4.78 is 5.59.